The highest BCUT2D eigenvalue weighted by Gasteiger charge is 2.39. The van der Waals surface area contributed by atoms with Crippen molar-refractivity contribution in [2.75, 3.05) is 13.2 Å². The molecule has 0 spiro atoms. The fraction of sp³-hybridized carbons (Fsp3) is 0.500. The van der Waals surface area contributed by atoms with Crippen LogP contribution < -0.4 is 0 Å². The summed E-state index contributed by atoms with van der Waals surface area (Å²) in [4.78, 5) is 0. The second-order valence-electron chi connectivity index (χ2n) is 4.18. The van der Waals surface area contributed by atoms with Crippen LogP contribution in [0.3, 0.4) is 0 Å². The van der Waals surface area contributed by atoms with Gasteiger partial charge in [0.25, 0.3) is 0 Å². The highest BCUT2D eigenvalue weighted by Crippen LogP contribution is 2.26. The maximum atomic E-state index is 5.58. The molecule has 2 nitrogen and oxygen atoms in total. The van der Waals surface area contributed by atoms with Crippen molar-refractivity contribution in [1.82, 2.24) is 0 Å². The molecule has 0 bridgehead atoms. The summed E-state index contributed by atoms with van der Waals surface area (Å²) in [5.41, 5.74) is 2.50. The number of benzene rings is 1. The Labute approximate surface area is 98.7 Å². The molecular formula is C12H15BrO2. The molecule has 0 aromatic heterocycles. The molecule has 1 aliphatic rings. The number of ether oxygens (including phenoxy) is 2. The van der Waals surface area contributed by atoms with Crippen LogP contribution in [0.5, 0.6) is 0 Å². The molecule has 0 N–H and O–H groups in total. The number of epoxide rings is 1. The first kappa shape index (κ1) is 11.1. The number of rotatable bonds is 5. The summed E-state index contributed by atoms with van der Waals surface area (Å²) in [6.07, 6.45) is 0. The molecule has 15 heavy (non-hydrogen) atoms. The largest absolute Gasteiger partial charge is 0.374 e. The molecule has 1 aromatic carbocycles. The Balaban J connectivity index is 1.77. The molecule has 1 fully saturated rings. The van der Waals surface area contributed by atoms with Crippen molar-refractivity contribution in [2.45, 2.75) is 24.5 Å². The van der Waals surface area contributed by atoms with Gasteiger partial charge in [0.1, 0.15) is 5.60 Å². The first-order valence-electron chi connectivity index (χ1n) is 5.07. The van der Waals surface area contributed by atoms with E-state index in [9.17, 15) is 0 Å². The van der Waals surface area contributed by atoms with Crippen molar-refractivity contribution in [3.8, 4) is 0 Å². The molecule has 0 amide bonds. The molecule has 0 saturated carbocycles. The Bertz CT molecular complexity index is 317. The lowest BCUT2D eigenvalue weighted by molar-refractivity contribution is 0.0742. The van der Waals surface area contributed by atoms with Crippen molar-refractivity contribution in [2.24, 2.45) is 0 Å². The average molecular weight is 271 g/mol. The zero-order valence-electron chi connectivity index (χ0n) is 8.83. The topological polar surface area (TPSA) is 21.8 Å². The van der Waals surface area contributed by atoms with Crippen LogP contribution in [-0.2, 0) is 21.4 Å². The van der Waals surface area contributed by atoms with E-state index in [4.69, 9.17) is 9.47 Å². The third-order valence-corrected chi connectivity index (χ3v) is 3.14. The monoisotopic (exact) mass is 270 g/mol. The number of alkyl halides is 1. The van der Waals surface area contributed by atoms with Gasteiger partial charge >= 0.3 is 0 Å². The maximum Gasteiger partial charge on any atom is 0.112 e. The van der Waals surface area contributed by atoms with Gasteiger partial charge in [-0.15, -0.1) is 0 Å². The van der Waals surface area contributed by atoms with Crippen LogP contribution in [0.4, 0.5) is 0 Å². The van der Waals surface area contributed by atoms with E-state index in [1.807, 2.05) is 0 Å². The van der Waals surface area contributed by atoms with Crippen molar-refractivity contribution < 1.29 is 9.47 Å². The Morgan fingerprint density at radius 3 is 2.47 bits per heavy atom. The molecular weight excluding hydrogens is 256 g/mol. The van der Waals surface area contributed by atoms with E-state index in [-0.39, 0.29) is 5.60 Å². The molecule has 1 unspecified atom stereocenters. The highest BCUT2D eigenvalue weighted by atomic mass is 79.9. The molecule has 0 aliphatic carbocycles. The van der Waals surface area contributed by atoms with Gasteiger partial charge in [-0.3, -0.25) is 0 Å². The SMILES string of the molecule is CC1(COCc2ccc(CBr)cc2)CO1. The quantitative estimate of drug-likeness (QED) is 0.606. The fourth-order valence-electron chi connectivity index (χ4n) is 1.32. The van der Waals surface area contributed by atoms with Gasteiger partial charge in [0.2, 0.25) is 0 Å². The van der Waals surface area contributed by atoms with E-state index in [0.29, 0.717) is 13.2 Å². The minimum atomic E-state index is -0.00417. The highest BCUT2D eigenvalue weighted by molar-refractivity contribution is 9.08. The summed E-state index contributed by atoms with van der Waals surface area (Å²) < 4.78 is 10.8. The summed E-state index contributed by atoms with van der Waals surface area (Å²) in [5.74, 6) is 0. The Hall–Kier alpha value is -0.380. The fourth-order valence-corrected chi connectivity index (χ4v) is 1.69. The molecule has 3 heteroatoms. The third kappa shape index (κ3) is 3.30. The van der Waals surface area contributed by atoms with Crippen LogP contribution in [0.2, 0.25) is 0 Å². The Kier molecular flexibility index (Phi) is 3.44. The van der Waals surface area contributed by atoms with E-state index >= 15 is 0 Å². The normalized spacial score (nSPS) is 24.1. The van der Waals surface area contributed by atoms with E-state index in [1.54, 1.807) is 0 Å². The minimum absolute atomic E-state index is 0.00417. The van der Waals surface area contributed by atoms with Gasteiger partial charge in [-0.25, -0.2) is 0 Å². The summed E-state index contributed by atoms with van der Waals surface area (Å²) in [6.45, 7) is 4.26. The maximum absolute atomic E-state index is 5.58. The average Bonchev–Trinajstić information content (AvgIpc) is 2.98. The van der Waals surface area contributed by atoms with E-state index < -0.39 is 0 Å². The summed E-state index contributed by atoms with van der Waals surface area (Å²) in [6, 6.07) is 8.44. The van der Waals surface area contributed by atoms with Crippen molar-refractivity contribution in [1.29, 1.82) is 0 Å². The molecule has 1 heterocycles. The first-order chi connectivity index (χ1) is 7.22. The zero-order chi connectivity index (χ0) is 10.7. The smallest absolute Gasteiger partial charge is 0.112 e. The van der Waals surface area contributed by atoms with Gasteiger partial charge in [-0.1, -0.05) is 40.2 Å². The van der Waals surface area contributed by atoms with E-state index in [1.165, 1.54) is 11.1 Å². The van der Waals surface area contributed by atoms with Gasteiger partial charge in [0.15, 0.2) is 0 Å². The molecule has 82 valence electrons. The summed E-state index contributed by atoms with van der Waals surface area (Å²) >= 11 is 3.42. The predicted octanol–water partition coefficient (Wildman–Crippen LogP) is 2.89. The second kappa shape index (κ2) is 4.64. The van der Waals surface area contributed by atoms with Crippen molar-refractivity contribution in [3.63, 3.8) is 0 Å². The standard InChI is InChI=1S/C12H15BrO2/c1-12(9-15-12)8-14-7-11-4-2-10(6-13)3-5-11/h2-5H,6-9H2,1H3. The second-order valence-corrected chi connectivity index (χ2v) is 4.74. The lowest BCUT2D eigenvalue weighted by Gasteiger charge is -2.07. The van der Waals surface area contributed by atoms with Gasteiger partial charge in [-0.05, 0) is 18.1 Å². The summed E-state index contributed by atoms with van der Waals surface area (Å²) in [7, 11) is 0. The van der Waals surface area contributed by atoms with Crippen LogP contribution in [0.15, 0.2) is 24.3 Å². The lowest BCUT2D eigenvalue weighted by atomic mass is 10.2. The van der Waals surface area contributed by atoms with Gasteiger partial charge in [0.05, 0.1) is 19.8 Å². The number of halogens is 1. The van der Waals surface area contributed by atoms with Crippen LogP contribution in [0.25, 0.3) is 0 Å². The van der Waals surface area contributed by atoms with Gasteiger partial charge in [0, 0.05) is 5.33 Å². The van der Waals surface area contributed by atoms with Crippen LogP contribution in [0, 0.1) is 0 Å². The van der Waals surface area contributed by atoms with E-state index in [0.717, 1.165) is 11.9 Å². The van der Waals surface area contributed by atoms with Crippen molar-refractivity contribution in [3.05, 3.63) is 35.4 Å². The molecule has 0 radical (unpaired) electrons. The minimum Gasteiger partial charge on any atom is -0.374 e. The van der Waals surface area contributed by atoms with Crippen LogP contribution >= 0.6 is 15.9 Å². The van der Waals surface area contributed by atoms with Gasteiger partial charge < -0.3 is 9.47 Å². The number of hydrogen-bond acceptors (Lipinski definition) is 2. The predicted molar refractivity (Wildman–Crippen MR) is 63.1 cm³/mol. The molecule has 1 saturated heterocycles. The number of hydrogen-bond donors (Lipinski definition) is 0. The van der Waals surface area contributed by atoms with Crippen molar-refractivity contribution >= 4 is 15.9 Å². The lowest BCUT2D eigenvalue weighted by Crippen LogP contribution is -2.14. The first-order valence-corrected chi connectivity index (χ1v) is 6.19. The molecule has 1 atom stereocenters. The zero-order valence-corrected chi connectivity index (χ0v) is 10.4. The molecule has 1 aliphatic heterocycles. The molecule has 1 aromatic rings. The third-order valence-electron chi connectivity index (χ3n) is 2.49. The Morgan fingerprint density at radius 2 is 1.93 bits per heavy atom. The van der Waals surface area contributed by atoms with Gasteiger partial charge in [-0.2, -0.15) is 0 Å². The molecule has 2 rings (SSSR count). The Morgan fingerprint density at radius 1 is 1.33 bits per heavy atom. The van der Waals surface area contributed by atoms with E-state index in [2.05, 4.69) is 47.1 Å². The summed E-state index contributed by atoms with van der Waals surface area (Å²) in [5, 5.41) is 0.903. The van der Waals surface area contributed by atoms with Crippen LogP contribution in [0.1, 0.15) is 18.1 Å². The van der Waals surface area contributed by atoms with Crippen LogP contribution in [-0.4, -0.2) is 18.8 Å².